The molecule has 0 saturated heterocycles. The van der Waals surface area contributed by atoms with E-state index < -0.39 is 11.0 Å². The van der Waals surface area contributed by atoms with Crippen LogP contribution in [0.15, 0.2) is 48.5 Å². The number of unbranched alkanes of at least 4 members (excludes halogenated alkanes) is 2. The molecular weight excluding hydrogens is 380 g/mol. The van der Waals surface area contributed by atoms with Gasteiger partial charge in [0, 0.05) is 29.8 Å². The van der Waals surface area contributed by atoms with Crippen molar-refractivity contribution in [1.82, 2.24) is 15.1 Å². The molecule has 2 heterocycles. The second-order valence-corrected chi connectivity index (χ2v) is 7.69. The van der Waals surface area contributed by atoms with E-state index in [9.17, 15) is 14.9 Å². The van der Waals surface area contributed by atoms with Gasteiger partial charge in [0.2, 0.25) is 0 Å². The van der Waals surface area contributed by atoms with Crippen LogP contribution in [0.2, 0.25) is 0 Å². The highest BCUT2D eigenvalue weighted by Crippen LogP contribution is 2.43. The monoisotopic (exact) mass is 404 g/mol. The molecule has 30 heavy (non-hydrogen) atoms. The fourth-order valence-corrected chi connectivity index (χ4v) is 4.05. The van der Waals surface area contributed by atoms with Gasteiger partial charge in [-0.15, -0.1) is 0 Å². The number of non-ortho nitro benzene ring substituents is 1. The summed E-state index contributed by atoms with van der Waals surface area (Å²) in [6, 6.07) is 14.1. The molecule has 0 aliphatic carbocycles. The second kappa shape index (κ2) is 8.10. The maximum absolute atomic E-state index is 13.2. The maximum Gasteiger partial charge on any atom is 0.273 e. The molecule has 7 heteroatoms. The number of amides is 1. The van der Waals surface area contributed by atoms with Crippen LogP contribution < -0.4 is 0 Å². The zero-order valence-electron chi connectivity index (χ0n) is 17.1. The Kier molecular flexibility index (Phi) is 5.35. The van der Waals surface area contributed by atoms with Crippen molar-refractivity contribution < 1.29 is 9.72 Å². The third kappa shape index (κ3) is 3.47. The zero-order chi connectivity index (χ0) is 21.3. The number of aryl methyl sites for hydroxylation is 1. The molecule has 3 aromatic rings. The highest BCUT2D eigenvalue weighted by molar-refractivity contribution is 6.00. The number of nitro groups is 1. The number of rotatable bonds is 7. The first-order chi connectivity index (χ1) is 14.5. The van der Waals surface area contributed by atoms with Crippen LogP contribution in [0.3, 0.4) is 0 Å². The van der Waals surface area contributed by atoms with Crippen molar-refractivity contribution in [3.05, 3.63) is 81.0 Å². The number of aromatic amines is 1. The first kappa shape index (κ1) is 19.8. The molecule has 1 N–H and O–H groups in total. The molecular formula is C23H24N4O3. The molecule has 1 aliphatic heterocycles. The number of aromatic nitrogens is 2. The summed E-state index contributed by atoms with van der Waals surface area (Å²) in [5, 5.41) is 18.7. The lowest BCUT2D eigenvalue weighted by molar-refractivity contribution is -0.384. The highest BCUT2D eigenvalue weighted by atomic mass is 16.6. The summed E-state index contributed by atoms with van der Waals surface area (Å²) in [5.41, 5.74) is 4.77. The summed E-state index contributed by atoms with van der Waals surface area (Å²) < 4.78 is 0. The average Bonchev–Trinajstić information content (AvgIpc) is 3.28. The van der Waals surface area contributed by atoms with E-state index in [1.54, 1.807) is 12.1 Å². The van der Waals surface area contributed by atoms with Crippen molar-refractivity contribution in [1.29, 1.82) is 0 Å². The van der Waals surface area contributed by atoms with Gasteiger partial charge in [0.15, 0.2) is 0 Å². The van der Waals surface area contributed by atoms with Gasteiger partial charge in [0.05, 0.1) is 16.7 Å². The van der Waals surface area contributed by atoms with E-state index in [-0.39, 0.29) is 11.6 Å². The number of hydrogen-bond acceptors (Lipinski definition) is 4. The lowest BCUT2D eigenvalue weighted by atomic mass is 9.95. The number of nitro benzene ring substituents is 1. The Morgan fingerprint density at radius 3 is 2.63 bits per heavy atom. The SMILES string of the molecule is CCCCCN1C(=O)c2[nH]nc(-c3ccc(C)cc3)c2C1c1cccc([N+](=O)[O-])c1. The van der Waals surface area contributed by atoms with Gasteiger partial charge in [0.25, 0.3) is 11.6 Å². The number of benzene rings is 2. The summed E-state index contributed by atoms with van der Waals surface area (Å²) in [4.78, 5) is 26.0. The lowest BCUT2D eigenvalue weighted by Crippen LogP contribution is -2.30. The van der Waals surface area contributed by atoms with Gasteiger partial charge >= 0.3 is 0 Å². The van der Waals surface area contributed by atoms with Gasteiger partial charge in [0.1, 0.15) is 5.69 Å². The largest absolute Gasteiger partial charge is 0.326 e. The Balaban J connectivity index is 1.83. The molecule has 1 amide bonds. The van der Waals surface area contributed by atoms with Crippen molar-refractivity contribution in [3.8, 4) is 11.3 Å². The van der Waals surface area contributed by atoms with Crippen molar-refractivity contribution in [3.63, 3.8) is 0 Å². The van der Waals surface area contributed by atoms with Gasteiger partial charge in [-0.05, 0) is 18.9 Å². The number of nitrogens with zero attached hydrogens (tertiary/aromatic N) is 3. The Labute approximate surface area is 174 Å². The molecule has 0 radical (unpaired) electrons. The van der Waals surface area contributed by atoms with Crippen molar-refractivity contribution in [2.24, 2.45) is 0 Å². The predicted molar refractivity (Wildman–Crippen MR) is 114 cm³/mol. The van der Waals surface area contributed by atoms with Crippen LogP contribution in [0.25, 0.3) is 11.3 Å². The Hall–Kier alpha value is -3.48. The van der Waals surface area contributed by atoms with Crippen LogP contribution in [0.5, 0.6) is 0 Å². The van der Waals surface area contributed by atoms with Crippen LogP contribution in [0.1, 0.15) is 59.4 Å². The fraction of sp³-hybridized carbons (Fsp3) is 0.304. The van der Waals surface area contributed by atoms with Gasteiger partial charge in [-0.2, -0.15) is 5.10 Å². The third-order valence-electron chi connectivity index (χ3n) is 5.59. The Morgan fingerprint density at radius 2 is 1.93 bits per heavy atom. The normalized spacial score (nSPS) is 15.5. The van der Waals surface area contributed by atoms with E-state index in [1.165, 1.54) is 6.07 Å². The lowest BCUT2D eigenvalue weighted by Gasteiger charge is -2.26. The molecule has 0 bridgehead atoms. The molecule has 1 aliphatic rings. The highest BCUT2D eigenvalue weighted by Gasteiger charge is 2.42. The number of carbonyl (C=O) groups is 1. The molecule has 1 aromatic heterocycles. The molecule has 0 saturated carbocycles. The molecule has 4 rings (SSSR count). The van der Waals surface area contributed by atoms with Crippen LogP contribution >= 0.6 is 0 Å². The smallest absolute Gasteiger partial charge is 0.273 e. The van der Waals surface area contributed by atoms with Gasteiger partial charge in [-0.3, -0.25) is 20.0 Å². The van der Waals surface area contributed by atoms with Crippen LogP contribution in [0, 0.1) is 17.0 Å². The fourth-order valence-electron chi connectivity index (χ4n) is 4.05. The maximum atomic E-state index is 13.2. The first-order valence-corrected chi connectivity index (χ1v) is 10.2. The van der Waals surface area contributed by atoms with Crippen molar-refractivity contribution >= 4 is 11.6 Å². The molecule has 0 spiro atoms. The van der Waals surface area contributed by atoms with Gasteiger partial charge < -0.3 is 4.90 Å². The predicted octanol–water partition coefficient (Wildman–Crippen LogP) is 5.03. The number of fused-ring (bicyclic) bond motifs is 1. The summed E-state index contributed by atoms with van der Waals surface area (Å²) in [6.45, 7) is 4.73. The Bertz CT molecular complexity index is 1090. The summed E-state index contributed by atoms with van der Waals surface area (Å²) in [7, 11) is 0. The van der Waals surface area contributed by atoms with Crippen LogP contribution in [0.4, 0.5) is 5.69 Å². The number of nitrogens with one attached hydrogen (secondary N) is 1. The average molecular weight is 404 g/mol. The van der Waals surface area contributed by atoms with Gasteiger partial charge in [-0.1, -0.05) is 61.7 Å². The summed E-state index contributed by atoms with van der Waals surface area (Å²) in [5.74, 6) is -0.108. The molecule has 0 fully saturated rings. The van der Waals surface area contributed by atoms with E-state index in [4.69, 9.17) is 0 Å². The summed E-state index contributed by atoms with van der Waals surface area (Å²) in [6.07, 6.45) is 2.94. The Morgan fingerprint density at radius 1 is 1.17 bits per heavy atom. The van der Waals surface area contributed by atoms with Crippen molar-refractivity contribution in [2.45, 2.75) is 39.2 Å². The van der Waals surface area contributed by atoms with Crippen molar-refractivity contribution in [2.75, 3.05) is 6.54 Å². The summed E-state index contributed by atoms with van der Waals surface area (Å²) >= 11 is 0. The van der Waals surface area contributed by atoms with E-state index >= 15 is 0 Å². The van der Waals surface area contributed by atoms with Gasteiger partial charge in [-0.25, -0.2) is 0 Å². The molecule has 1 atom stereocenters. The minimum Gasteiger partial charge on any atom is -0.326 e. The van der Waals surface area contributed by atoms with Crippen LogP contribution in [-0.4, -0.2) is 32.5 Å². The second-order valence-electron chi connectivity index (χ2n) is 7.69. The van der Waals surface area contributed by atoms with E-state index in [2.05, 4.69) is 17.1 Å². The molecule has 7 nitrogen and oxygen atoms in total. The molecule has 154 valence electrons. The van der Waals surface area contributed by atoms with E-state index in [0.29, 0.717) is 17.9 Å². The standard InChI is InChI=1S/C23H24N4O3/c1-3-4-5-13-26-22(17-7-6-8-18(14-17)27(29)30)19-20(24-25-21(19)23(26)28)16-11-9-15(2)10-12-16/h6-12,14,22H,3-5,13H2,1-2H3,(H,24,25). The molecule has 1 unspecified atom stereocenters. The minimum absolute atomic E-state index is 0.0160. The van der Waals surface area contributed by atoms with Crippen LogP contribution in [-0.2, 0) is 0 Å². The topological polar surface area (TPSA) is 92.1 Å². The number of carbonyl (C=O) groups excluding carboxylic acids is 1. The first-order valence-electron chi connectivity index (χ1n) is 10.2. The molecule has 2 aromatic carbocycles. The van der Waals surface area contributed by atoms with E-state index in [0.717, 1.165) is 41.5 Å². The quantitative estimate of drug-likeness (QED) is 0.340. The number of hydrogen-bond donors (Lipinski definition) is 1. The number of H-pyrrole nitrogens is 1. The third-order valence-corrected chi connectivity index (χ3v) is 5.59. The minimum atomic E-state index is -0.404. The van der Waals surface area contributed by atoms with E-state index in [1.807, 2.05) is 42.2 Å². The zero-order valence-corrected chi connectivity index (χ0v) is 17.1.